The van der Waals surface area contributed by atoms with Crippen LogP contribution in [0.25, 0.3) is 11.5 Å². The fourth-order valence-electron chi connectivity index (χ4n) is 3.42. The molecule has 2 amide bonds. The smallest absolute Gasteiger partial charge is 0.261 e. The van der Waals surface area contributed by atoms with Gasteiger partial charge in [0.2, 0.25) is 5.91 Å². The fraction of sp³-hybridized carbons (Fsp3) is 0.227. The summed E-state index contributed by atoms with van der Waals surface area (Å²) in [4.78, 5) is 41.3. The lowest BCUT2D eigenvalue weighted by Crippen LogP contribution is -2.35. The van der Waals surface area contributed by atoms with E-state index in [0.29, 0.717) is 24.4 Å². The number of piperidine rings is 1. The molecule has 2 aromatic heterocycles. The SMILES string of the molecule is O=C(NCc1cccc(N2CCCCC2=O)c1)c1ccc(-c2ccco2)[nH]c1=O. The molecule has 0 bridgehead atoms. The van der Waals surface area contributed by atoms with Crippen LogP contribution >= 0.6 is 0 Å². The minimum Gasteiger partial charge on any atom is -0.463 e. The van der Waals surface area contributed by atoms with Gasteiger partial charge >= 0.3 is 0 Å². The molecule has 0 aliphatic carbocycles. The molecular weight excluding hydrogens is 370 g/mol. The third-order valence-electron chi connectivity index (χ3n) is 4.94. The number of nitrogens with one attached hydrogen (secondary N) is 2. The number of H-pyrrole nitrogens is 1. The Balaban J connectivity index is 1.44. The van der Waals surface area contributed by atoms with Crippen molar-refractivity contribution in [2.75, 3.05) is 11.4 Å². The second-order valence-electron chi connectivity index (χ2n) is 6.95. The molecule has 1 saturated heterocycles. The Morgan fingerprint density at radius 3 is 2.76 bits per heavy atom. The molecule has 3 aromatic rings. The zero-order valence-electron chi connectivity index (χ0n) is 15.8. The quantitative estimate of drug-likeness (QED) is 0.699. The van der Waals surface area contributed by atoms with E-state index in [9.17, 15) is 14.4 Å². The van der Waals surface area contributed by atoms with Crippen LogP contribution < -0.4 is 15.8 Å². The van der Waals surface area contributed by atoms with Gasteiger partial charge in [0.25, 0.3) is 11.5 Å². The number of carbonyl (C=O) groups is 2. The van der Waals surface area contributed by atoms with Gasteiger partial charge in [-0.1, -0.05) is 12.1 Å². The van der Waals surface area contributed by atoms with Crippen molar-refractivity contribution in [3.63, 3.8) is 0 Å². The number of pyridine rings is 1. The summed E-state index contributed by atoms with van der Waals surface area (Å²) >= 11 is 0. The first-order valence-electron chi connectivity index (χ1n) is 9.56. The zero-order valence-corrected chi connectivity index (χ0v) is 15.8. The number of amides is 2. The van der Waals surface area contributed by atoms with Gasteiger partial charge in [-0.25, -0.2) is 0 Å². The molecule has 2 N–H and O–H groups in total. The summed E-state index contributed by atoms with van der Waals surface area (Å²) < 4.78 is 5.25. The Morgan fingerprint density at radius 2 is 2.00 bits per heavy atom. The summed E-state index contributed by atoms with van der Waals surface area (Å²) in [6, 6.07) is 14.1. The van der Waals surface area contributed by atoms with Gasteiger partial charge in [0, 0.05) is 25.2 Å². The average molecular weight is 391 g/mol. The Morgan fingerprint density at radius 1 is 1.10 bits per heavy atom. The van der Waals surface area contributed by atoms with E-state index in [1.54, 1.807) is 23.1 Å². The minimum atomic E-state index is -0.482. The highest BCUT2D eigenvalue weighted by atomic mass is 16.3. The van der Waals surface area contributed by atoms with Gasteiger partial charge in [-0.3, -0.25) is 14.4 Å². The fourth-order valence-corrected chi connectivity index (χ4v) is 3.42. The number of carbonyl (C=O) groups excluding carboxylic acids is 2. The largest absolute Gasteiger partial charge is 0.463 e. The number of hydrogen-bond donors (Lipinski definition) is 2. The molecule has 0 radical (unpaired) electrons. The predicted molar refractivity (Wildman–Crippen MR) is 109 cm³/mol. The normalized spacial score (nSPS) is 14.1. The van der Waals surface area contributed by atoms with Gasteiger partial charge in [-0.05, 0) is 54.8 Å². The molecule has 0 unspecified atom stereocenters. The van der Waals surface area contributed by atoms with Gasteiger partial charge in [0.1, 0.15) is 11.3 Å². The summed E-state index contributed by atoms with van der Waals surface area (Å²) in [7, 11) is 0. The van der Waals surface area contributed by atoms with Crippen molar-refractivity contribution in [3.05, 3.63) is 76.3 Å². The van der Waals surface area contributed by atoms with Crippen molar-refractivity contribution in [1.29, 1.82) is 0 Å². The molecule has 1 fully saturated rings. The molecule has 0 spiro atoms. The number of rotatable bonds is 5. The molecule has 7 nitrogen and oxygen atoms in total. The van der Waals surface area contributed by atoms with Gasteiger partial charge < -0.3 is 19.6 Å². The van der Waals surface area contributed by atoms with Crippen LogP contribution in [0.4, 0.5) is 5.69 Å². The third kappa shape index (κ3) is 4.13. The van der Waals surface area contributed by atoms with Crippen LogP contribution in [0.15, 0.2) is 64.0 Å². The van der Waals surface area contributed by atoms with Crippen molar-refractivity contribution >= 4 is 17.5 Å². The minimum absolute atomic E-state index is 0.0302. The van der Waals surface area contributed by atoms with Crippen LogP contribution in [-0.2, 0) is 11.3 Å². The molecule has 1 aliphatic heterocycles. The number of hydrogen-bond acceptors (Lipinski definition) is 4. The van der Waals surface area contributed by atoms with Crippen LogP contribution in [-0.4, -0.2) is 23.3 Å². The van der Waals surface area contributed by atoms with Crippen molar-refractivity contribution < 1.29 is 14.0 Å². The summed E-state index contributed by atoms with van der Waals surface area (Å²) in [5.74, 6) is 0.190. The average Bonchev–Trinajstić information content (AvgIpc) is 3.27. The molecule has 1 aromatic carbocycles. The highest BCUT2D eigenvalue weighted by molar-refractivity contribution is 5.95. The molecule has 1 aliphatic rings. The monoisotopic (exact) mass is 391 g/mol. The van der Waals surface area contributed by atoms with E-state index in [4.69, 9.17) is 4.42 Å². The third-order valence-corrected chi connectivity index (χ3v) is 4.94. The molecule has 3 heterocycles. The van der Waals surface area contributed by atoms with Crippen LogP contribution in [0, 0.1) is 0 Å². The van der Waals surface area contributed by atoms with Crippen LogP contribution in [0.5, 0.6) is 0 Å². The molecule has 148 valence electrons. The second kappa shape index (κ2) is 8.18. The first-order valence-corrected chi connectivity index (χ1v) is 9.56. The number of nitrogens with zero attached hydrogens (tertiary/aromatic N) is 1. The topological polar surface area (TPSA) is 95.4 Å². The second-order valence-corrected chi connectivity index (χ2v) is 6.95. The Bertz CT molecular complexity index is 1090. The van der Waals surface area contributed by atoms with E-state index >= 15 is 0 Å². The van der Waals surface area contributed by atoms with Crippen LogP contribution in [0.1, 0.15) is 35.2 Å². The summed E-state index contributed by atoms with van der Waals surface area (Å²) in [6.07, 6.45) is 4.00. The maximum Gasteiger partial charge on any atom is 0.261 e. The highest BCUT2D eigenvalue weighted by Crippen LogP contribution is 2.22. The number of furan rings is 1. The summed E-state index contributed by atoms with van der Waals surface area (Å²) in [5, 5.41) is 2.77. The number of aromatic amines is 1. The molecule has 7 heteroatoms. The Labute approximate surface area is 167 Å². The standard InChI is InChI=1S/C22H21N3O4/c26-20-8-1-2-11-25(20)16-6-3-5-15(13-16)14-23-21(27)17-9-10-18(24-22(17)28)19-7-4-12-29-19/h3-7,9-10,12-13H,1-2,8,11,14H2,(H,23,27)(H,24,28). The van der Waals surface area contributed by atoms with Gasteiger partial charge in [0.05, 0.1) is 12.0 Å². The van der Waals surface area contributed by atoms with E-state index in [2.05, 4.69) is 10.3 Å². The Kier molecular flexibility index (Phi) is 5.29. The Hall–Kier alpha value is -3.61. The van der Waals surface area contributed by atoms with E-state index in [-0.39, 0.29) is 18.0 Å². The lowest BCUT2D eigenvalue weighted by atomic mass is 10.1. The maximum atomic E-state index is 12.5. The van der Waals surface area contributed by atoms with E-state index < -0.39 is 11.5 Å². The van der Waals surface area contributed by atoms with Crippen molar-refractivity contribution in [2.24, 2.45) is 0 Å². The lowest BCUT2D eigenvalue weighted by molar-refractivity contribution is -0.119. The lowest BCUT2D eigenvalue weighted by Gasteiger charge is -2.27. The van der Waals surface area contributed by atoms with E-state index in [1.807, 2.05) is 24.3 Å². The van der Waals surface area contributed by atoms with Crippen LogP contribution in [0.3, 0.4) is 0 Å². The first kappa shape index (κ1) is 18.7. The number of benzene rings is 1. The van der Waals surface area contributed by atoms with Gasteiger partial charge in [-0.2, -0.15) is 0 Å². The highest BCUT2D eigenvalue weighted by Gasteiger charge is 2.19. The van der Waals surface area contributed by atoms with Crippen LogP contribution in [0.2, 0.25) is 0 Å². The molecule has 0 atom stereocenters. The molecular formula is C22H21N3O4. The van der Waals surface area contributed by atoms with Crippen molar-refractivity contribution in [3.8, 4) is 11.5 Å². The summed E-state index contributed by atoms with van der Waals surface area (Å²) in [6.45, 7) is 0.972. The van der Waals surface area contributed by atoms with E-state index in [0.717, 1.165) is 24.1 Å². The molecule has 4 rings (SSSR count). The maximum absolute atomic E-state index is 12.5. The predicted octanol–water partition coefficient (Wildman–Crippen LogP) is 3.08. The number of anilines is 1. The van der Waals surface area contributed by atoms with Crippen molar-refractivity contribution in [2.45, 2.75) is 25.8 Å². The zero-order chi connectivity index (χ0) is 20.2. The number of aromatic nitrogens is 1. The summed E-state index contributed by atoms with van der Waals surface area (Å²) in [5.41, 5.74) is 1.75. The van der Waals surface area contributed by atoms with E-state index in [1.165, 1.54) is 12.3 Å². The van der Waals surface area contributed by atoms with Gasteiger partial charge in [0.15, 0.2) is 0 Å². The molecule has 29 heavy (non-hydrogen) atoms. The van der Waals surface area contributed by atoms with Gasteiger partial charge in [-0.15, -0.1) is 0 Å². The molecule has 0 saturated carbocycles. The van der Waals surface area contributed by atoms with Crippen molar-refractivity contribution in [1.82, 2.24) is 10.3 Å². The first-order chi connectivity index (χ1) is 14.1.